The van der Waals surface area contributed by atoms with Crippen molar-refractivity contribution in [2.24, 2.45) is 0 Å². The van der Waals surface area contributed by atoms with Crippen molar-refractivity contribution in [3.63, 3.8) is 0 Å². The van der Waals surface area contributed by atoms with Crippen molar-refractivity contribution in [2.45, 2.75) is 25.4 Å². The molecule has 1 unspecified atom stereocenters. The van der Waals surface area contributed by atoms with E-state index in [1.165, 1.54) is 18.4 Å². The lowest BCUT2D eigenvalue weighted by molar-refractivity contribution is 0.198. The number of aromatic nitrogens is 3. The van der Waals surface area contributed by atoms with Crippen LogP contribution < -0.4 is 9.80 Å². The molecule has 1 aliphatic heterocycles. The molecule has 25 heavy (non-hydrogen) atoms. The van der Waals surface area contributed by atoms with Crippen LogP contribution in [-0.4, -0.2) is 60.1 Å². The van der Waals surface area contributed by atoms with E-state index in [0.29, 0.717) is 11.2 Å². The quantitative estimate of drug-likeness (QED) is 0.764. The lowest BCUT2D eigenvalue weighted by atomic mass is 10.0. The Morgan fingerprint density at radius 2 is 2.04 bits per heavy atom. The van der Waals surface area contributed by atoms with Crippen LogP contribution in [0.2, 0.25) is 5.15 Å². The summed E-state index contributed by atoms with van der Waals surface area (Å²) in [5, 5.41) is 0.542. The first kappa shape index (κ1) is 17.9. The van der Waals surface area contributed by atoms with Crippen LogP contribution in [0.3, 0.4) is 0 Å². The molecule has 1 aliphatic rings. The maximum Gasteiger partial charge on any atom is 0.226 e. The Kier molecular flexibility index (Phi) is 5.71. The third kappa shape index (κ3) is 4.58. The van der Waals surface area contributed by atoms with E-state index in [-0.39, 0.29) is 0 Å². The summed E-state index contributed by atoms with van der Waals surface area (Å²) in [5.74, 6) is 1.71. The minimum Gasteiger partial charge on any atom is -0.355 e. The van der Waals surface area contributed by atoms with Gasteiger partial charge in [0, 0.05) is 52.7 Å². The maximum absolute atomic E-state index is 5.88. The van der Waals surface area contributed by atoms with Gasteiger partial charge in [-0.05, 0) is 37.1 Å². The summed E-state index contributed by atoms with van der Waals surface area (Å²) >= 11 is 5.88. The highest BCUT2D eigenvalue weighted by Crippen LogP contribution is 2.22. The normalized spacial score (nSPS) is 18.2. The Bertz CT molecular complexity index is 690. The van der Waals surface area contributed by atoms with Gasteiger partial charge >= 0.3 is 0 Å². The predicted molar refractivity (Wildman–Crippen MR) is 102 cm³/mol. The number of pyridine rings is 1. The first-order valence-electron chi connectivity index (χ1n) is 8.59. The van der Waals surface area contributed by atoms with E-state index >= 15 is 0 Å². The van der Waals surface area contributed by atoms with Crippen molar-refractivity contribution < 1.29 is 0 Å². The molecule has 3 heterocycles. The third-order valence-corrected chi connectivity index (χ3v) is 4.84. The molecule has 2 aromatic rings. The Morgan fingerprint density at radius 1 is 1.20 bits per heavy atom. The molecule has 0 bridgehead atoms. The number of hydrogen-bond acceptors (Lipinski definition) is 6. The van der Waals surface area contributed by atoms with E-state index in [0.717, 1.165) is 31.4 Å². The van der Waals surface area contributed by atoms with Crippen molar-refractivity contribution >= 4 is 23.4 Å². The van der Waals surface area contributed by atoms with Crippen molar-refractivity contribution in [1.82, 2.24) is 19.9 Å². The fraction of sp³-hybridized carbons (Fsp3) is 0.500. The number of nitrogens with zero attached hydrogens (tertiary/aromatic N) is 6. The highest BCUT2D eigenvalue weighted by molar-refractivity contribution is 6.29. The van der Waals surface area contributed by atoms with Gasteiger partial charge < -0.3 is 9.80 Å². The molecule has 7 heteroatoms. The number of halogens is 1. The third-order valence-electron chi connectivity index (χ3n) is 4.61. The van der Waals surface area contributed by atoms with Gasteiger partial charge in [-0.15, -0.1) is 0 Å². The van der Waals surface area contributed by atoms with Crippen LogP contribution in [0, 0.1) is 0 Å². The molecule has 0 amide bonds. The van der Waals surface area contributed by atoms with Crippen LogP contribution in [0.4, 0.5) is 11.8 Å². The molecule has 134 valence electrons. The van der Waals surface area contributed by atoms with Gasteiger partial charge in [0.1, 0.15) is 11.0 Å². The van der Waals surface area contributed by atoms with Gasteiger partial charge in [0.05, 0.1) is 0 Å². The number of likely N-dealkylation sites (N-methyl/N-ethyl adjacent to an activating group) is 1. The van der Waals surface area contributed by atoms with Gasteiger partial charge in [0.25, 0.3) is 0 Å². The molecule has 0 aliphatic carbocycles. The van der Waals surface area contributed by atoms with E-state index < -0.39 is 0 Å². The molecule has 6 nitrogen and oxygen atoms in total. The largest absolute Gasteiger partial charge is 0.355 e. The van der Waals surface area contributed by atoms with E-state index in [1.54, 1.807) is 0 Å². The average Bonchev–Trinajstić information content (AvgIpc) is 2.63. The molecule has 1 fully saturated rings. The minimum absolute atomic E-state index is 0.443. The zero-order valence-electron chi connectivity index (χ0n) is 15.1. The van der Waals surface area contributed by atoms with Crippen molar-refractivity contribution in [3.05, 3.63) is 41.3 Å². The van der Waals surface area contributed by atoms with Crippen molar-refractivity contribution in [1.29, 1.82) is 0 Å². The number of hydrogen-bond donors (Lipinski definition) is 0. The summed E-state index contributed by atoms with van der Waals surface area (Å²) in [4.78, 5) is 19.8. The lowest BCUT2D eigenvalue weighted by Gasteiger charge is -2.38. The highest BCUT2D eigenvalue weighted by Gasteiger charge is 2.24. The fourth-order valence-corrected chi connectivity index (χ4v) is 3.30. The highest BCUT2D eigenvalue weighted by atomic mass is 35.5. The smallest absolute Gasteiger partial charge is 0.226 e. The molecular formula is C18H25ClN6. The van der Waals surface area contributed by atoms with Crippen LogP contribution in [-0.2, 0) is 6.54 Å². The van der Waals surface area contributed by atoms with Gasteiger partial charge in [-0.1, -0.05) is 17.7 Å². The van der Waals surface area contributed by atoms with Gasteiger partial charge in [0.15, 0.2) is 0 Å². The van der Waals surface area contributed by atoms with Crippen LogP contribution in [0.5, 0.6) is 0 Å². The molecule has 1 atom stereocenters. The van der Waals surface area contributed by atoms with Gasteiger partial charge in [0.2, 0.25) is 5.95 Å². The van der Waals surface area contributed by atoms with Crippen LogP contribution >= 0.6 is 11.6 Å². The summed E-state index contributed by atoms with van der Waals surface area (Å²) in [6.45, 7) is 3.03. The Labute approximate surface area is 154 Å². The number of anilines is 2. The van der Waals surface area contributed by atoms with Crippen molar-refractivity contribution in [2.75, 3.05) is 44.0 Å². The lowest BCUT2D eigenvalue weighted by Crippen LogP contribution is -2.46. The molecule has 0 spiro atoms. The summed E-state index contributed by atoms with van der Waals surface area (Å²) in [5.41, 5.74) is 1.20. The monoisotopic (exact) mass is 360 g/mol. The molecule has 0 saturated carbocycles. The molecule has 2 aromatic heterocycles. The minimum atomic E-state index is 0.443. The van der Waals surface area contributed by atoms with Crippen LogP contribution in [0.1, 0.15) is 18.4 Å². The second kappa shape index (κ2) is 7.97. The van der Waals surface area contributed by atoms with Crippen LogP contribution in [0.15, 0.2) is 30.6 Å². The van der Waals surface area contributed by atoms with E-state index in [1.807, 2.05) is 43.5 Å². The van der Waals surface area contributed by atoms with Gasteiger partial charge in [-0.25, -0.2) is 9.97 Å². The van der Waals surface area contributed by atoms with Gasteiger partial charge in [-0.2, -0.15) is 4.98 Å². The van der Waals surface area contributed by atoms with Gasteiger partial charge in [-0.3, -0.25) is 4.90 Å². The van der Waals surface area contributed by atoms with Crippen molar-refractivity contribution in [3.8, 4) is 0 Å². The number of rotatable bonds is 5. The second-order valence-corrected chi connectivity index (χ2v) is 7.13. The Balaban J connectivity index is 1.66. The standard InChI is InChI=1S/C18H25ClN6/c1-23(2)18-20-9-8-17(22-18)24(3)15-5-4-10-25(13-15)12-14-6-7-16(19)21-11-14/h6-9,11,15H,4-5,10,12-13H2,1-3H3. The van der Waals surface area contributed by atoms with E-state index in [2.05, 4.69) is 37.9 Å². The Morgan fingerprint density at radius 3 is 2.76 bits per heavy atom. The first-order chi connectivity index (χ1) is 12.0. The van der Waals surface area contributed by atoms with E-state index in [4.69, 9.17) is 11.6 Å². The predicted octanol–water partition coefficient (Wildman–Crippen LogP) is 2.69. The molecular weight excluding hydrogens is 336 g/mol. The zero-order chi connectivity index (χ0) is 17.8. The fourth-order valence-electron chi connectivity index (χ4n) is 3.19. The SMILES string of the molecule is CN(C)c1nccc(N(C)C2CCCN(Cc3ccc(Cl)nc3)C2)n1. The Hall–Kier alpha value is -1.92. The molecule has 0 N–H and O–H groups in total. The summed E-state index contributed by atoms with van der Waals surface area (Å²) in [6.07, 6.45) is 6.05. The molecule has 3 rings (SSSR count). The summed E-state index contributed by atoms with van der Waals surface area (Å²) in [6, 6.07) is 6.33. The molecule has 1 saturated heterocycles. The number of piperidine rings is 1. The topological polar surface area (TPSA) is 48.4 Å². The average molecular weight is 361 g/mol. The van der Waals surface area contributed by atoms with Crippen LogP contribution in [0.25, 0.3) is 0 Å². The summed E-state index contributed by atoms with van der Waals surface area (Å²) < 4.78 is 0. The maximum atomic E-state index is 5.88. The summed E-state index contributed by atoms with van der Waals surface area (Å²) in [7, 11) is 6.04. The van der Waals surface area contributed by atoms with E-state index in [9.17, 15) is 0 Å². The first-order valence-corrected chi connectivity index (χ1v) is 8.96. The molecule has 0 radical (unpaired) electrons. The second-order valence-electron chi connectivity index (χ2n) is 6.74. The number of likely N-dealkylation sites (tertiary alicyclic amines) is 1. The zero-order valence-corrected chi connectivity index (χ0v) is 15.8. The molecule has 0 aromatic carbocycles.